The smallest absolute Gasteiger partial charge is 0.253 e. The second-order valence-corrected chi connectivity index (χ2v) is 8.43. The van der Waals surface area contributed by atoms with E-state index in [-0.39, 0.29) is 5.91 Å². The number of nitrogens with zero attached hydrogens (tertiary/aromatic N) is 2. The summed E-state index contributed by atoms with van der Waals surface area (Å²) in [6.45, 7) is 6.79. The zero-order valence-electron chi connectivity index (χ0n) is 17.8. The number of rotatable bonds is 6. The molecule has 3 aromatic carbocycles. The van der Waals surface area contributed by atoms with Gasteiger partial charge in [0, 0.05) is 43.3 Å². The first-order valence-electron chi connectivity index (χ1n) is 10.6. The van der Waals surface area contributed by atoms with Gasteiger partial charge < -0.3 is 9.64 Å². The Morgan fingerprint density at radius 1 is 0.839 bits per heavy atom. The van der Waals surface area contributed by atoms with Gasteiger partial charge in [-0.25, -0.2) is 0 Å². The van der Waals surface area contributed by atoms with Gasteiger partial charge in [0.25, 0.3) is 5.91 Å². The lowest BCUT2D eigenvalue weighted by molar-refractivity contribution is 0.0628. The molecule has 4 rings (SSSR count). The molecular formula is C26H27ClN2O2. The maximum absolute atomic E-state index is 12.9. The highest BCUT2D eigenvalue weighted by Gasteiger charge is 2.22. The molecule has 1 amide bonds. The van der Waals surface area contributed by atoms with Gasteiger partial charge in [0.15, 0.2) is 0 Å². The number of amides is 1. The van der Waals surface area contributed by atoms with Crippen molar-refractivity contribution in [3.05, 3.63) is 100 Å². The van der Waals surface area contributed by atoms with E-state index in [0.29, 0.717) is 11.6 Å². The Hall–Kier alpha value is -2.82. The molecule has 0 atom stereocenters. The largest absolute Gasteiger partial charge is 0.489 e. The Labute approximate surface area is 189 Å². The molecular weight excluding hydrogens is 408 g/mol. The summed E-state index contributed by atoms with van der Waals surface area (Å²) in [6, 6.07) is 23.7. The van der Waals surface area contributed by atoms with E-state index in [2.05, 4.69) is 36.1 Å². The van der Waals surface area contributed by atoms with Crippen LogP contribution >= 0.6 is 11.6 Å². The van der Waals surface area contributed by atoms with Crippen molar-refractivity contribution in [1.29, 1.82) is 0 Å². The van der Waals surface area contributed by atoms with Gasteiger partial charge in [-0.1, -0.05) is 53.6 Å². The van der Waals surface area contributed by atoms with Gasteiger partial charge in [0.05, 0.1) is 0 Å². The van der Waals surface area contributed by atoms with Crippen molar-refractivity contribution in [3.8, 4) is 5.75 Å². The Balaban J connectivity index is 1.26. The fraction of sp³-hybridized carbons (Fsp3) is 0.269. The lowest BCUT2D eigenvalue weighted by atomic mass is 10.1. The normalized spacial score (nSPS) is 14.5. The Bertz CT molecular complexity index is 993. The number of benzene rings is 3. The fourth-order valence-corrected chi connectivity index (χ4v) is 3.81. The molecule has 160 valence electrons. The summed E-state index contributed by atoms with van der Waals surface area (Å²) in [5.41, 5.74) is 4.35. The Kier molecular flexibility index (Phi) is 6.90. The highest BCUT2D eigenvalue weighted by molar-refractivity contribution is 6.30. The quantitative estimate of drug-likeness (QED) is 0.535. The minimum atomic E-state index is 0.0974. The van der Waals surface area contributed by atoms with Crippen LogP contribution in [0.2, 0.25) is 5.02 Å². The summed E-state index contributed by atoms with van der Waals surface area (Å²) in [6.07, 6.45) is 0. The maximum Gasteiger partial charge on any atom is 0.253 e. The SMILES string of the molecule is Cc1ccc(CN2CCN(C(=O)c3ccc(COc4ccc(Cl)cc4)cc3)CC2)cc1. The molecule has 1 heterocycles. The van der Waals surface area contributed by atoms with E-state index in [9.17, 15) is 4.79 Å². The molecule has 0 saturated carbocycles. The zero-order chi connectivity index (χ0) is 21.6. The fourth-order valence-electron chi connectivity index (χ4n) is 3.68. The van der Waals surface area contributed by atoms with E-state index in [1.807, 2.05) is 41.3 Å². The molecule has 1 saturated heterocycles. The number of hydrogen-bond acceptors (Lipinski definition) is 3. The van der Waals surface area contributed by atoms with Crippen LogP contribution in [0.3, 0.4) is 0 Å². The van der Waals surface area contributed by atoms with E-state index in [1.165, 1.54) is 11.1 Å². The topological polar surface area (TPSA) is 32.8 Å². The molecule has 1 aliphatic rings. The first-order chi connectivity index (χ1) is 15.1. The van der Waals surface area contributed by atoms with Crippen LogP contribution in [0, 0.1) is 6.92 Å². The molecule has 31 heavy (non-hydrogen) atoms. The van der Waals surface area contributed by atoms with E-state index in [1.54, 1.807) is 12.1 Å². The predicted molar refractivity (Wildman–Crippen MR) is 125 cm³/mol. The average molecular weight is 435 g/mol. The van der Waals surface area contributed by atoms with E-state index in [4.69, 9.17) is 16.3 Å². The molecule has 1 aliphatic heterocycles. The van der Waals surface area contributed by atoms with Crippen LogP contribution in [-0.2, 0) is 13.2 Å². The van der Waals surface area contributed by atoms with Gasteiger partial charge >= 0.3 is 0 Å². The molecule has 0 aliphatic carbocycles. The van der Waals surface area contributed by atoms with Crippen LogP contribution < -0.4 is 4.74 Å². The van der Waals surface area contributed by atoms with Gasteiger partial charge in [-0.3, -0.25) is 9.69 Å². The van der Waals surface area contributed by atoms with Crippen LogP contribution in [0.25, 0.3) is 0 Å². The molecule has 0 radical (unpaired) electrons. The third kappa shape index (κ3) is 5.87. The Morgan fingerprint density at radius 3 is 2.10 bits per heavy atom. The zero-order valence-corrected chi connectivity index (χ0v) is 18.5. The molecule has 3 aromatic rings. The van der Waals surface area contributed by atoms with E-state index < -0.39 is 0 Å². The van der Waals surface area contributed by atoms with Crippen molar-refractivity contribution < 1.29 is 9.53 Å². The van der Waals surface area contributed by atoms with Crippen LogP contribution in [0.4, 0.5) is 0 Å². The van der Waals surface area contributed by atoms with Gasteiger partial charge in [-0.15, -0.1) is 0 Å². The van der Waals surface area contributed by atoms with Crippen molar-refractivity contribution in [3.63, 3.8) is 0 Å². The molecule has 0 spiro atoms. The molecule has 0 aromatic heterocycles. The monoisotopic (exact) mass is 434 g/mol. The van der Waals surface area contributed by atoms with Crippen LogP contribution in [0.5, 0.6) is 5.75 Å². The highest BCUT2D eigenvalue weighted by atomic mass is 35.5. The van der Waals surface area contributed by atoms with Gasteiger partial charge in [-0.05, 0) is 54.4 Å². The van der Waals surface area contributed by atoms with Gasteiger partial charge in [0.2, 0.25) is 0 Å². The standard InChI is InChI=1S/C26H27ClN2O2/c1-20-2-4-21(5-3-20)18-28-14-16-29(17-15-28)26(30)23-8-6-22(7-9-23)19-31-25-12-10-24(27)11-13-25/h2-13H,14-19H2,1H3. The average Bonchev–Trinajstić information content (AvgIpc) is 2.81. The minimum absolute atomic E-state index is 0.0974. The molecule has 5 heteroatoms. The summed E-state index contributed by atoms with van der Waals surface area (Å²) in [7, 11) is 0. The third-order valence-electron chi connectivity index (χ3n) is 5.61. The second-order valence-electron chi connectivity index (χ2n) is 7.99. The van der Waals surface area contributed by atoms with Gasteiger partial charge in [-0.2, -0.15) is 0 Å². The number of aryl methyl sites for hydroxylation is 1. The summed E-state index contributed by atoms with van der Waals surface area (Å²) in [4.78, 5) is 17.2. The predicted octanol–water partition coefficient (Wildman–Crippen LogP) is 5.19. The van der Waals surface area contributed by atoms with Crippen LogP contribution in [0.15, 0.2) is 72.8 Å². The first kappa shape index (κ1) is 21.4. The van der Waals surface area contributed by atoms with Crippen molar-refractivity contribution in [2.75, 3.05) is 26.2 Å². The highest BCUT2D eigenvalue weighted by Crippen LogP contribution is 2.18. The number of carbonyl (C=O) groups is 1. The molecule has 1 fully saturated rings. The molecule has 0 bridgehead atoms. The summed E-state index contributed by atoms with van der Waals surface area (Å²) in [5, 5.41) is 0.686. The second kappa shape index (κ2) is 9.99. The number of ether oxygens (including phenoxy) is 1. The number of halogens is 1. The maximum atomic E-state index is 12.9. The lowest BCUT2D eigenvalue weighted by Gasteiger charge is -2.34. The van der Waals surface area contributed by atoms with Crippen molar-refractivity contribution in [2.24, 2.45) is 0 Å². The van der Waals surface area contributed by atoms with Crippen molar-refractivity contribution >= 4 is 17.5 Å². The minimum Gasteiger partial charge on any atom is -0.489 e. The van der Waals surface area contributed by atoms with Crippen LogP contribution in [0.1, 0.15) is 27.0 Å². The Morgan fingerprint density at radius 2 is 1.45 bits per heavy atom. The number of hydrogen-bond donors (Lipinski definition) is 0. The molecule has 0 unspecified atom stereocenters. The van der Waals surface area contributed by atoms with Crippen molar-refractivity contribution in [1.82, 2.24) is 9.80 Å². The number of carbonyl (C=O) groups excluding carboxylic acids is 1. The third-order valence-corrected chi connectivity index (χ3v) is 5.86. The van der Waals surface area contributed by atoms with Gasteiger partial charge in [0.1, 0.15) is 12.4 Å². The summed E-state index contributed by atoms with van der Waals surface area (Å²) in [5.74, 6) is 0.869. The number of piperazine rings is 1. The summed E-state index contributed by atoms with van der Waals surface area (Å²) < 4.78 is 5.77. The summed E-state index contributed by atoms with van der Waals surface area (Å²) >= 11 is 5.90. The lowest BCUT2D eigenvalue weighted by Crippen LogP contribution is -2.48. The van der Waals surface area contributed by atoms with Crippen molar-refractivity contribution in [2.45, 2.75) is 20.1 Å². The first-order valence-corrected chi connectivity index (χ1v) is 11.0. The van der Waals surface area contributed by atoms with Crippen LogP contribution in [-0.4, -0.2) is 41.9 Å². The van der Waals surface area contributed by atoms with E-state index in [0.717, 1.165) is 49.6 Å². The molecule has 0 N–H and O–H groups in total. The molecule has 4 nitrogen and oxygen atoms in total. The van der Waals surface area contributed by atoms with E-state index >= 15 is 0 Å².